The van der Waals surface area contributed by atoms with Crippen molar-refractivity contribution in [3.8, 4) is 0 Å². The lowest BCUT2D eigenvalue weighted by Crippen LogP contribution is -2.47. The molecule has 3 heteroatoms. The molecule has 1 amide bonds. The van der Waals surface area contributed by atoms with E-state index >= 15 is 0 Å². The SMILES string of the molecule is CCC(CC)NC(=O)C(C)NCC1(C2CC2)CC1. The molecule has 0 radical (unpaired) electrons. The van der Waals surface area contributed by atoms with Gasteiger partial charge in [0, 0.05) is 12.6 Å². The van der Waals surface area contributed by atoms with E-state index in [1.54, 1.807) is 0 Å². The summed E-state index contributed by atoms with van der Waals surface area (Å²) in [5.41, 5.74) is 0.573. The first-order valence-corrected chi connectivity index (χ1v) is 7.65. The zero-order valence-electron chi connectivity index (χ0n) is 12.1. The van der Waals surface area contributed by atoms with Gasteiger partial charge in [-0.05, 0) is 56.8 Å². The molecular weight excluding hydrogens is 224 g/mol. The number of rotatable bonds is 8. The van der Waals surface area contributed by atoms with E-state index in [1.807, 2.05) is 6.92 Å². The van der Waals surface area contributed by atoms with Gasteiger partial charge in [0.1, 0.15) is 0 Å². The first-order valence-electron chi connectivity index (χ1n) is 7.65. The first-order chi connectivity index (χ1) is 8.61. The van der Waals surface area contributed by atoms with Crippen LogP contribution in [0.2, 0.25) is 0 Å². The Morgan fingerprint density at radius 2 is 1.89 bits per heavy atom. The summed E-state index contributed by atoms with van der Waals surface area (Å²) in [6.45, 7) is 7.27. The van der Waals surface area contributed by atoms with Crippen LogP contribution in [0.25, 0.3) is 0 Å². The molecule has 2 saturated carbocycles. The van der Waals surface area contributed by atoms with E-state index in [4.69, 9.17) is 0 Å². The quantitative estimate of drug-likeness (QED) is 0.697. The molecule has 104 valence electrons. The molecule has 0 aromatic heterocycles. The van der Waals surface area contributed by atoms with E-state index in [-0.39, 0.29) is 11.9 Å². The maximum absolute atomic E-state index is 12.0. The molecule has 2 N–H and O–H groups in total. The molecular formula is C15H28N2O. The second-order valence-corrected chi connectivity index (χ2v) is 6.26. The topological polar surface area (TPSA) is 41.1 Å². The summed E-state index contributed by atoms with van der Waals surface area (Å²) in [6.07, 6.45) is 7.59. The van der Waals surface area contributed by atoms with Gasteiger partial charge in [0.05, 0.1) is 6.04 Å². The smallest absolute Gasteiger partial charge is 0.237 e. The fourth-order valence-electron chi connectivity index (χ4n) is 2.85. The van der Waals surface area contributed by atoms with Crippen LogP contribution >= 0.6 is 0 Å². The molecule has 2 aliphatic rings. The average Bonchev–Trinajstić information content (AvgIpc) is 3.24. The first kappa shape index (κ1) is 13.9. The Bertz CT molecular complexity index is 291. The van der Waals surface area contributed by atoms with Crippen molar-refractivity contribution in [2.45, 2.75) is 71.4 Å². The van der Waals surface area contributed by atoms with E-state index in [2.05, 4.69) is 24.5 Å². The summed E-state index contributed by atoms with van der Waals surface area (Å²) in [4.78, 5) is 12.0. The van der Waals surface area contributed by atoms with Crippen molar-refractivity contribution in [3.05, 3.63) is 0 Å². The lowest BCUT2D eigenvalue weighted by molar-refractivity contribution is -0.123. The Kier molecular flexibility index (Phi) is 4.31. The van der Waals surface area contributed by atoms with Gasteiger partial charge in [-0.2, -0.15) is 0 Å². The third kappa shape index (κ3) is 3.25. The molecule has 2 rings (SSSR count). The van der Waals surface area contributed by atoms with Crippen molar-refractivity contribution in [2.24, 2.45) is 11.3 Å². The summed E-state index contributed by atoms with van der Waals surface area (Å²) in [5, 5.41) is 6.56. The number of hydrogen-bond donors (Lipinski definition) is 2. The highest BCUT2D eigenvalue weighted by Gasteiger charge is 2.53. The molecule has 18 heavy (non-hydrogen) atoms. The number of nitrogens with one attached hydrogen (secondary N) is 2. The predicted octanol–water partition coefficient (Wildman–Crippen LogP) is 2.46. The maximum atomic E-state index is 12.0. The number of amides is 1. The highest BCUT2D eigenvalue weighted by Crippen LogP contribution is 2.60. The van der Waals surface area contributed by atoms with Crippen LogP contribution in [0.15, 0.2) is 0 Å². The highest BCUT2D eigenvalue weighted by atomic mass is 16.2. The molecule has 0 spiro atoms. The van der Waals surface area contributed by atoms with E-state index in [9.17, 15) is 4.79 Å². The number of hydrogen-bond acceptors (Lipinski definition) is 2. The zero-order valence-corrected chi connectivity index (χ0v) is 12.1. The fourth-order valence-corrected chi connectivity index (χ4v) is 2.85. The highest BCUT2D eigenvalue weighted by molar-refractivity contribution is 5.81. The number of carbonyl (C=O) groups is 1. The summed E-state index contributed by atoms with van der Waals surface area (Å²) in [7, 11) is 0. The molecule has 0 bridgehead atoms. The van der Waals surface area contributed by atoms with Crippen molar-refractivity contribution >= 4 is 5.91 Å². The lowest BCUT2D eigenvalue weighted by Gasteiger charge is -2.22. The van der Waals surface area contributed by atoms with Gasteiger partial charge in [0.2, 0.25) is 5.91 Å². The second kappa shape index (κ2) is 5.60. The molecule has 0 aromatic rings. The Morgan fingerprint density at radius 3 is 2.33 bits per heavy atom. The summed E-state index contributed by atoms with van der Waals surface area (Å²) in [5.74, 6) is 1.12. The van der Waals surface area contributed by atoms with Crippen molar-refractivity contribution < 1.29 is 4.79 Å². The van der Waals surface area contributed by atoms with Crippen LogP contribution in [-0.4, -0.2) is 24.5 Å². The maximum Gasteiger partial charge on any atom is 0.237 e. The minimum atomic E-state index is -0.0539. The molecule has 2 fully saturated rings. The van der Waals surface area contributed by atoms with Gasteiger partial charge in [-0.3, -0.25) is 4.79 Å². The largest absolute Gasteiger partial charge is 0.352 e. The summed E-state index contributed by atoms with van der Waals surface area (Å²) < 4.78 is 0. The van der Waals surface area contributed by atoms with Gasteiger partial charge in [0.25, 0.3) is 0 Å². The standard InChI is InChI=1S/C15H28N2O/c1-4-13(5-2)17-14(18)11(3)16-10-15(8-9-15)12-6-7-12/h11-13,16H,4-10H2,1-3H3,(H,17,18). The van der Waals surface area contributed by atoms with Gasteiger partial charge < -0.3 is 10.6 Å². The van der Waals surface area contributed by atoms with Crippen LogP contribution in [0, 0.1) is 11.3 Å². The van der Waals surface area contributed by atoms with E-state index in [1.165, 1.54) is 25.7 Å². The average molecular weight is 252 g/mol. The van der Waals surface area contributed by atoms with Crippen LogP contribution in [-0.2, 0) is 4.79 Å². The zero-order chi connectivity index (χ0) is 13.2. The fraction of sp³-hybridized carbons (Fsp3) is 0.933. The van der Waals surface area contributed by atoms with Crippen molar-refractivity contribution in [1.82, 2.24) is 10.6 Å². The van der Waals surface area contributed by atoms with Crippen molar-refractivity contribution in [1.29, 1.82) is 0 Å². The van der Waals surface area contributed by atoms with Crippen LogP contribution in [0.1, 0.15) is 59.3 Å². The monoisotopic (exact) mass is 252 g/mol. The second-order valence-electron chi connectivity index (χ2n) is 6.26. The van der Waals surface area contributed by atoms with Crippen LogP contribution in [0.3, 0.4) is 0 Å². The van der Waals surface area contributed by atoms with Crippen LogP contribution < -0.4 is 10.6 Å². The molecule has 1 atom stereocenters. The Hall–Kier alpha value is -0.570. The van der Waals surface area contributed by atoms with Gasteiger partial charge in [-0.15, -0.1) is 0 Å². The molecule has 0 aromatic carbocycles. The Morgan fingerprint density at radius 1 is 1.28 bits per heavy atom. The van der Waals surface area contributed by atoms with Gasteiger partial charge in [-0.25, -0.2) is 0 Å². The lowest BCUT2D eigenvalue weighted by atomic mass is 10.0. The van der Waals surface area contributed by atoms with Crippen molar-refractivity contribution in [2.75, 3.05) is 6.54 Å². The minimum Gasteiger partial charge on any atom is -0.352 e. The van der Waals surface area contributed by atoms with Crippen molar-refractivity contribution in [3.63, 3.8) is 0 Å². The van der Waals surface area contributed by atoms with Gasteiger partial charge in [-0.1, -0.05) is 13.8 Å². The Labute approximate surface area is 111 Å². The van der Waals surface area contributed by atoms with E-state index < -0.39 is 0 Å². The summed E-state index contributed by atoms with van der Waals surface area (Å²) in [6, 6.07) is 0.280. The molecule has 0 aliphatic heterocycles. The van der Waals surface area contributed by atoms with Crippen LogP contribution in [0.4, 0.5) is 0 Å². The normalized spacial score (nSPS) is 22.9. The minimum absolute atomic E-state index is 0.0539. The third-order valence-corrected chi connectivity index (χ3v) is 4.82. The van der Waals surface area contributed by atoms with Crippen LogP contribution in [0.5, 0.6) is 0 Å². The predicted molar refractivity (Wildman–Crippen MR) is 74.4 cm³/mol. The van der Waals surface area contributed by atoms with E-state index in [0.717, 1.165) is 25.3 Å². The molecule has 0 heterocycles. The van der Waals surface area contributed by atoms with Gasteiger partial charge >= 0.3 is 0 Å². The van der Waals surface area contributed by atoms with E-state index in [0.29, 0.717) is 11.5 Å². The molecule has 1 unspecified atom stereocenters. The summed E-state index contributed by atoms with van der Waals surface area (Å²) >= 11 is 0. The van der Waals surface area contributed by atoms with Gasteiger partial charge in [0.15, 0.2) is 0 Å². The molecule has 3 nitrogen and oxygen atoms in total. The molecule has 2 aliphatic carbocycles. The third-order valence-electron chi connectivity index (χ3n) is 4.82. The number of carbonyl (C=O) groups excluding carboxylic acids is 1. The molecule has 0 saturated heterocycles. The Balaban J connectivity index is 1.70.